The molecule has 6 heteroatoms. The quantitative estimate of drug-likeness (QED) is 0.393. The van der Waals surface area contributed by atoms with E-state index < -0.39 is 0 Å². The Balaban J connectivity index is 1.87. The van der Waals surface area contributed by atoms with Gasteiger partial charge in [0.2, 0.25) is 5.91 Å². The summed E-state index contributed by atoms with van der Waals surface area (Å²) >= 11 is 1.43. The summed E-state index contributed by atoms with van der Waals surface area (Å²) in [5, 5.41) is 9.46. The van der Waals surface area contributed by atoms with E-state index in [2.05, 4.69) is 17.2 Å². The molecule has 1 aromatic heterocycles. The second-order valence-corrected chi connectivity index (χ2v) is 8.08. The first-order valence-electron chi connectivity index (χ1n) is 9.53. The smallest absolute Gasteiger partial charge is 0.240 e. The van der Waals surface area contributed by atoms with Gasteiger partial charge >= 0.3 is 0 Å². The third kappa shape index (κ3) is 4.69. The lowest BCUT2D eigenvalue weighted by atomic mass is 10.2. The van der Waals surface area contributed by atoms with Gasteiger partial charge in [0.1, 0.15) is 0 Å². The highest BCUT2D eigenvalue weighted by atomic mass is 32.2. The number of nitriles is 1. The van der Waals surface area contributed by atoms with Gasteiger partial charge in [-0.3, -0.25) is 4.79 Å². The zero-order chi connectivity index (χ0) is 20.8. The van der Waals surface area contributed by atoms with Gasteiger partial charge < -0.3 is 9.47 Å². The van der Waals surface area contributed by atoms with Crippen molar-refractivity contribution in [2.24, 2.45) is 0 Å². The molecule has 148 valence electrons. The molecule has 29 heavy (non-hydrogen) atoms. The Morgan fingerprint density at radius 3 is 2.72 bits per heavy atom. The number of rotatable bonds is 8. The van der Waals surface area contributed by atoms with E-state index in [1.807, 2.05) is 68.5 Å². The lowest BCUT2D eigenvalue weighted by molar-refractivity contribution is -0.117. The Labute approximate surface area is 175 Å². The number of imidazole rings is 1. The minimum absolute atomic E-state index is 0.0358. The van der Waals surface area contributed by atoms with Gasteiger partial charge in [-0.1, -0.05) is 47.7 Å². The highest BCUT2D eigenvalue weighted by molar-refractivity contribution is 8.00. The average Bonchev–Trinajstić information content (AvgIpc) is 3.06. The number of benzene rings is 2. The van der Waals surface area contributed by atoms with E-state index in [-0.39, 0.29) is 17.6 Å². The van der Waals surface area contributed by atoms with Gasteiger partial charge in [0.25, 0.3) is 0 Å². The second kappa shape index (κ2) is 9.44. The number of hydrogen-bond donors (Lipinski definition) is 0. The Hall–Kier alpha value is -3.04. The number of para-hydroxylation sites is 2. The van der Waals surface area contributed by atoms with E-state index in [0.29, 0.717) is 13.1 Å². The predicted octanol–water partition coefficient (Wildman–Crippen LogP) is 4.96. The zero-order valence-corrected chi connectivity index (χ0v) is 17.5. The van der Waals surface area contributed by atoms with Crippen LogP contribution in [0.25, 0.3) is 11.0 Å². The number of aryl methyl sites for hydroxylation is 1. The largest absolute Gasteiger partial charge is 0.315 e. The van der Waals surface area contributed by atoms with Crippen LogP contribution in [0, 0.1) is 18.3 Å². The summed E-state index contributed by atoms with van der Waals surface area (Å²) in [6, 6.07) is 17.9. The maximum absolute atomic E-state index is 13.3. The lowest BCUT2D eigenvalue weighted by Crippen LogP contribution is -2.37. The summed E-state index contributed by atoms with van der Waals surface area (Å²) in [5.41, 5.74) is 3.86. The van der Waals surface area contributed by atoms with Gasteiger partial charge in [0.05, 0.1) is 28.8 Å². The molecule has 1 unspecified atom stereocenters. The van der Waals surface area contributed by atoms with Crippen molar-refractivity contribution in [3.05, 3.63) is 66.7 Å². The van der Waals surface area contributed by atoms with E-state index in [0.717, 1.165) is 27.4 Å². The minimum Gasteiger partial charge on any atom is -0.315 e. The summed E-state index contributed by atoms with van der Waals surface area (Å²) in [7, 11) is 0. The van der Waals surface area contributed by atoms with Crippen molar-refractivity contribution in [1.82, 2.24) is 9.55 Å². The van der Waals surface area contributed by atoms with E-state index in [9.17, 15) is 4.79 Å². The molecular formula is C23H24N4OS. The molecule has 3 rings (SSSR count). The van der Waals surface area contributed by atoms with Crippen molar-refractivity contribution in [1.29, 1.82) is 5.26 Å². The molecule has 0 saturated carbocycles. The van der Waals surface area contributed by atoms with Crippen LogP contribution in [-0.2, 0) is 11.3 Å². The third-order valence-electron chi connectivity index (χ3n) is 4.62. The van der Waals surface area contributed by atoms with E-state index in [1.165, 1.54) is 11.8 Å². The first-order valence-corrected chi connectivity index (χ1v) is 10.4. The first kappa shape index (κ1) is 20.7. The van der Waals surface area contributed by atoms with Gasteiger partial charge in [-0.2, -0.15) is 5.26 Å². The zero-order valence-electron chi connectivity index (χ0n) is 16.7. The molecule has 5 nitrogen and oxygen atoms in total. The first-order chi connectivity index (χ1) is 14.0. The van der Waals surface area contributed by atoms with Crippen LogP contribution in [-0.4, -0.2) is 27.3 Å². The van der Waals surface area contributed by atoms with Gasteiger partial charge in [-0.05, 0) is 38.1 Å². The number of fused-ring (bicyclic) bond motifs is 1. The van der Waals surface area contributed by atoms with E-state index in [4.69, 9.17) is 10.2 Å². The summed E-state index contributed by atoms with van der Waals surface area (Å²) in [6.07, 6.45) is 2.11. The Kier molecular flexibility index (Phi) is 6.73. The predicted molar refractivity (Wildman–Crippen MR) is 119 cm³/mol. The van der Waals surface area contributed by atoms with Crippen LogP contribution in [0.4, 0.5) is 5.69 Å². The Morgan fingerprint density at radius 1 is 1.31 bits per heavy atom. The highest BCUT2D eigenvalue weighted by Crippen LogP contribution is 2.29. The molecule has 2 aromatic carbocycles. The third-order valence-corrected chi connectivity index (χ3v) is 5.70. The van der Waals surface area contributed by atoms with Crippen LogP contribution in [0.2, 0.25) is 0 Å². The molecule has 0 aliphatic carbocycles. The van der Waals surface area contributed by atoms with Crippen LogP contribution in [0.5, 0.6) is 0 Å². The summed E-state index contributed by atoms with van der Waals surface area (Å²) in [6.45, 7) is 8.73. The fourth-order valence-electron chi connectivity index (χ4n) is 3.13. The fraction of sp³-hybridized carbons (Fsp3) is 0.261. The number of allylic oxidation sites excluding steroid dienone is 1. The van der Waals surface area contributed by atoms with Gasteiger partial charge in [0, 0.05) is 18.8 Å². The monoisotopic (exact) mass is 404 g/mol. The number of carbonyl (C=O) groups is 1. The molecule has 1 heterocycles. The lowest BCUT2D eigenvalue weighted by Gasteiger charge is -2.25. The molecule has 0 radical (unpaired) electrons. The molecule has 1 amide bonds. The SMILES string of the molecule is C=CCn1c(SC(C)C(=O)N(CCC#N)c2ccc(C)cc2)nc2ccccc21. The van der Waals surface area contributed by atoms with Crippen LogP contribution in [0.1, 0.15) is 18.9 Å². The molecule has 0 aliphatic rings. The molecule has 0 spiro atoms. The Bertz CT molecular complexity index is 1050. The number of hydrogen-bond acceptors (Lipinski definition) is 4. The molecule has 3 aromatic rings. The summed E-state index contributed by atoms with van der Waals surface area (Å²) in [5.74, 6) is -0.0358. The number of amides is 1. The van der Waals surface area contributed by atoms with Crippen molar-refractivity contribution in [2.75, 3.05) is 11.4 Å². The maximum Gasteiger partial charge on any atom is 0.240 e. The number of thioether (sulfide) groups is 1. The van der Waals surface area contributed by atoms with Crippen molar-refractivity contribution in [3.8, 4) is 6.07 Å². The van der Waals surface area contributed by atoms with E-state index >= 15 is 0 Å². The molecule has 1 atom stereocenters. The number of carbonyl (C=O) groups excluding carboxylic acids is 1. The summed E-state index contributed by atoms with van der Waals surface area (Å²) < 4.78 is 2.07. The summed E-state index contributed by atoms with van der Waals surface area (Å²) in [4.78, 5) is 19.7. The fourth-order valence-corrected chi connectivity index (χ4v) is 4.13. The minimum atomic E-state index is -0.352. The van der Waals surface area contributed by atoms with Crippen LogP contribution >= 0.6 is 11.8 Å². The molecular weight excluding hydrogens is 380 g/mol. The molecule has 0 bridgehead atoms. The molecule has 0 saturated heterocycles. The Morgan fingerprint density at radius 2 is 2.03 bits per heavy atom. The molecule has 0 N–H and O–H groups in total. The second-order valence-electron chi connectivity index (χ2n) is 6.78. The normalized spacial score (nSPS) is 11.8. The highest BCUT2D eigenvalue weighted by Gasteiger charge is 2.25. The molecule has 0 fully saturated rings. The van der Waals surface area contributed by atoms with Gasteiger partial charge in [0.15, 0.2) is 5.16 Å². The van der Waals surface area contributed by atoms with Crippen molar-refractivity contribution in [2.45, 2.75) is 37.2 Å². The topological polar surface area (TPSA) is 61.9 Å². The number of anilines is 1. The van der Waals surface area contributed by atoms with Crippen LogP contribution in [0.3, 0.4) is 0 Å². The van der Waals surface area contributed by atoms with Crippen molar-refractivity contribution >= 4 is 34.4 Å². The number of aromatic nitrogens is 2. The van der Waals surface area contributed by atoms with Crippen LogP contribution in [0.15, 0.2) is 66.3 Å². The number of nitrogens with zero attached hydrogens (tertiary/aromatic N) is 4. The average molecular weight is 405 g/mol. The van der Waals surface area contributed by atoms with Gasteiger partial charge in [-0.25, -0.2) is 4.98 Å². The van der Waals surface area contributed by atoms with Crippen molar-refractivity contribution < 1.29 is 4.79 Å². The van der Waals surface area contributed by atoms with Crippen LogP contribution < -0.4 is 4.90 Å². The molecule has 0 aliphatic heterocycles. The van der Waals surface area contributed by atoms with Crippen molar-refractivity contribution in [3.63, 3.8) is 0 Å². The maximum atomic E-state index is 13.3. The van der Waals surface area contributed by atoms with Gasteiger partial charge in [-0.15, -0.1) is 6.58 Å². The van der Waals surface area contributed by atoms with E-state index in [1.54, 1.807) is 4.90 Å². The standard InChI is InChI=1S/C23H24N4OS/c1-4-15-27-21-9-6-5-8-20(21)25-23(27)29-18(3)22(28)26(16-7-14-24)19-12-10-17(2)11-13-19/h4-6,8-13,18H,1,7,15-16H2,2-3H3.